The number of hydrogen-bond acceptors (Lipinski definition) is 5. The highest BCUT2D eigenvalue weighted by Crippen LogP contribution is 2.34. The summed E-state index contributed by atoms with van der Waals surface area (Å²) in [6, 6.07) is 5.84. The number of aryl methyl sites for hydroxylation is 2. The van der Waals surface area contributed by atoms with Crippen molar-refractivity contribution in [3.63, 3.8) is 0 Å². The van der Waals surface area contributed by atoms with Gasteiger partial charge in [-0.3, -0.25) is 24.1 Å². The Labute approximate surface area is 170 Å². The fraction of sp³-hybridized carbons (Fsp3) is 0.455. The molecule has 29 heavy (non-hydrogen) atoms. The zero-order chi connectivity index (χ0) is 21.0. The molecular weight excluding hydrogens is 372 g/mol. The summed E-state index contributed by atoms with van der Waals surface area (Å²) in [6.45, 7) is 3.08. The minimum Gasteiger partial charge on any atom is -0.454 e. The van der Waals surface area contributed by atoms with Crippen molar-refractivity contribution < 1.29 is 23.9 Å². The molecule has 1 aromatic carbocycles. The largest absolute Gasteiger partial charge is 0.454 e. The van der Waals surface area contributed by atoms with Crippen LogP contribution in [0.2, 0.25) is 0 Å². The first-order valence-corrected chi connectivity index (χ1v) is 10.0. The summed E-state index contributed by atoms with van der Waals surface area (Å²) >= 11 is 0. The lowest BCUT2D eigenvalue weighted by Crippen LogP contribution is -2.37. The topological polar surface area (TPSA) is 92.8 Å². The molecule has 7 heteroatoms. The average Bonchev–Trinajstić information content (AvgIpc) is 2.97. The quantitative estimate of drug-likeness (QED) is 0.432. The van der Waals surface area contributed by atoms with Gasteiger partial charge in [-0.15, -0.1) is 0 Å². The lowest BCUT2D eigenvalue weighted by Gasteiger charge is -2.16. The van der Waals surface area contributed by atoms with Crippen molar-refractivity contribution in [3.05, 3.63) is 41.5 Å². The van der Waals surface area contributed by atoms with Crippen molar-refractivity contribution in [1.82, 2.24) is 4.90 Å². The molecule has 154 valence electrons. The van der Waals surface area contributed by atoms with E-state index in [2.05, 4.69) is 5.32 Å². The summed E-state index contributed by atoms with van der Waals surface area (Å²) in [5.74, 6) is -2.67. The zero-order valence-electron chi connectivity index (χ0n) is 16.8. The molecule has 1 heterocycles. The first-order valence-electron chi connectivity index (χ1n) is 10.0. The molecule has 1 N–H and O–H groups in total. The second-order valence-corrected chi connectivity index (χ2v) is 7.29. The Morgan fingerprint density at radius 3 is 2.10 bits per heavy atom. The van der Waals surface area contributed by atoms with Crippen LogP contribution in [0.4, 0.5) is 5.69 Å². The van der Waals surface area contributed by atoms with Gasteiger partial charge in [0.2, 0.25) is 11.8 Å². The maximum Gasteiger partial charge on any atom is 0.326 e. The zero-order valence-corrected chi connectivity index (χ0v) is 16.8. The number of anilines is 1. The van der Waals surface area contributed by atoms with E-state index in [1.54, 1.807) is 0 Å². The van der Waals surface area contributed by atoms with Gasteiger partial charge in [0.15, 0.2) is 6.61 Å². The molecule has 0 bridgehead atoms. The molecule has 1 fully saturated rings. The minimum absolute atomic E-state index is 0.338. The van der Waals surface area contributed by atoms with Gasteiger partial charge >= 0.3 is 5.97 Å². The fourth-order valence-electron chi connectivity index (χ4n) is 3.92. The number of rotatable bonds is 7. The van der Waals surface area contributed by atoms with Gasteiger partial charge in [-0.25, -0.2) is 0 Å². The van der Waals surface area contributed by atoms with E-state index >= 15 is 0 Å². The number of carbonyl (C=O) groups excluding carboxylic acids is 4. The number of likely N-dealkylation sites (tertiary alicyclic amines) is 1. The predicted octanol–water partition coefficient (Wildman–Crippen LogP) is 2.24. The highest BCUT2D eigenvalue weighted by molar-refractivity contribution is 6.07. The lowest BCUT2D eigenvalue weighted by molar-refractivity contribution is -0.154. The summed E-state index contributed by atoms with van der Waals surface area (Å²) < 4.78 is 5.02. The van der Waals surface area contributed by atoms with Gasteiger partial charge in [-0.1, -0.05) is 44.2 Å². The second kappa shape index (κ2) is 9.03. The molecule has 7 nitrogen and oxygen atoms in total. The summed E-state index contributed by atoms with van der Waals surface area (Å²) in [6.07, 6.45) is 6.33. The number of nitrogens with one attached hydrogen (secondary N) is 1. The number of nitrogens with zero attached hydrogens (tertiary/aromatic N) is 1. The first kappa shape index (κ1) is 20.8. The van der Waals surface area contributed by atoms with Crippen LogP contribution < -0.4 is 5.32 Å². The number of fused-ring (bicyclic) bond motifs is 1. The van der Waals surface area contributed by atoms with E-state index in [9.17, 15) is 19.2 Å². The molecule has 1 aliphatic carbocycles. The molecule has 1 aromatic rings. The third-order valence-electron chi connectivity index (χ3n) is 5.51. The number of ether oxygens (including phenoxy) is 1. The van der Waals surface area contributed by atoms with E-state index in [-0.39, 0.29) is 23.7 Å². The van der Waals surface area contributed by atoms with Gasteiger partial charge in [0.25, 0.3) is 5.91 Å². The molecule has 1 aliphatic heterocycles. The minimum atomic E-state index is -0.770. The number of carbonyl (C=O) groups is 4. The van der Waals surface area contributed by atoms with E-state index in [4.69, 9.17) is 4.74 Å². The van der Waals surface area contributed by atoms with Crippen LogP contribution in [0.1, 0.15) is 37.8 Å². The summed E-state index contributed by atoms with van der Waals surface area (Å²) in [7, 11) is 0. The van der Waals surface area contributed by atoms with Gasteiger partial charge < -0.3 is 10.1 Å². The summed E-state index contributed by atoms with van der Waals surface area (Å²) in [5.41, 5.74) is 2.77. The molecule has 0 radical (unpaired) electrons. The highest BCUT2D eigenvalue weighted by atomic mass is 16.5. The third-order valence-corrected chi connectivity index (χ3v) is 5.51. The Hall–Kier alpha value is -2.96. The van der Waals surface area contributed by atoms with Gasteiger partial charge in [-0.05, 0) is 36.8 Å². The van der Waals surface area contributed by atoms with Crippen molar-refractivity contribution in [2.75, 3.05) is 18.5 Å². The first-order chi connectivity index (χ1) is 14.0. The Balaban J connectivity index is 1.54. The lowest BCUT2D eigenvalue weighted by atomic mass is 9.85. The van der Waals surface area contributed by atoms with Crippen LogP contribution in [0.5, 0.6) is 0 Å². The number of esters is 1. The number of benzene rings is 1. The number of hydrogen-bond donors (Lipinski definition) is 1. The van der Waals surface area contributed by atoms with E-state index in [1.807, 2.05) is 44.2 Å². The molecule has 0 aromatic heterocycles. The Morgan fingerprint density at radius 1 is 1.03 bits per heavy atom. The maximum atomic E-state index is 12.4. The Morgan fingerprint density at radius 2 is 1.59 bits per heavy atom. The third kappa shape index (κ3) is 4.39. The van der Waals surface area contributed by atoms with Crippen LogP contribution in [0.15, 0.2) is 30.4 Å². The molecule has 2 aliphatic rings. The Kier molecular flexibility index (Phi) is 6.46. The fourth-order valence-corrected chi connectivity index (χ4v) is 3.92. The van der Waals surface area contributed by atoms with E-state index in [1.165, 1.54) is 0 Å². The van der Waals surface area contributed by atoms with Crippen LogP contribution in [-0.4, -0.2) is 41.7 Å². The predicted molar refractivity (Wildman–Crippen MR) is 107 cm³/mol. The van der Waals surface area contributed by atoms with Crippen molar-refractivity contribution in [2.45, 2.75) is 39.5 Å². The molecule has 3 rings (SSSR count). The number of amides is 3. The monoisotopic (exact) mass is 398 g/mol. The number of imide groups is 1. The molecule has 3 amide bonds. The van der Waals surface area contributed by atoms with E-state index < -0.39 is 25.0 Å². The molecule has 0 unspecified atom stereocenters. The van der Waals surface area contributed by atoms with E-state index in [0.717, 1.165) is 34.6 Å². The van der Waals surface area contributed by atoms with Crippen molar-refractivity contribution in [3.8, 4) is 0 Å². The molecule has 1 saturated heterocycles. The number of para-hydroxylation sites is 1. The van der Waals surface area contributed by atoms with Crippen LogP contribution in [0, 0.1) is 11.8 Å². The standard InChI is InChI=1S/C22H26N2O5/c1-3-14-8-7-9-15(4-2)20(14)23-18(25)13-29-19(26)12-24-21(27)16-10-5-6-11-17(16)22(24)28/h5-9,16-17H,3-4,10-13H2,1-2H3,(H,23,25)/t16-,17+. The normalized spacial score (nSPS) is 20.6. The van der Waals surface area contributed by atoms with Crippen LogP contribution >= 0.6 is 0 Å². The second-order valence-electron chi connectivity index (χ2n) is 7.29. The highest BCUT2D eigenvalue weighted by Gasteiger charge is 2.47. The SMILES string of the molecule is CCc1cccc(CC)c1NC(=O)COC(=O)CN1C(=O)[C@H]2CC=CC[C@H]2C1=O. The van der Waals surface area contributed by atoms with Crippen molar-refractivity contribution in [1.29, 1.82) is 0 Å². The number of allylic oxidation sites excluding steroid dienone is 2. The van der Waals surface area contributed by atoms with Gasteiger partial charge in [0.1, 0.15) is 6.54 Å². The molecule has 2 atom stereocenters. The smallest absolute Gasteiger partial charge is 0.326 e. The molecule has 0 spiro atoms. The maximum absolute atomic E-state index is 12.4. The van der Waals surface area contributed by atoms with Crippen LogP contribution in [0.25, 0.3) is 0 Å². The molecule has 0 saturated carbocycles. The van der Waals surface area contributed by atoms with Crippen molar-refractivity contribution >= 4 is 29.4 Å². The average molecular weight is 398 g/mol. The Bertz CT molecular complexity index is 813. The van der Waals surface area contributed by atoms with E-state index in [0.29, 0.717) is 12.8 Å². The summed E-state index contributed by atoms with van der Waals surface area (Å²) in [5, 5.41) is 2.82. The summed E-state index contributed by atoms with van der Waals surface area (Å²) in [4.78, 5) is 50.2. The van der Waals surface area contributed by atoms with Gasteiger partial charge in [-0.2, -0.15) is 0 Å². The van der Waals surface area contributed by atoms with Gasteiger partial charge in [0, 0.05) is 5.69 Å². The van der Waals surface area contributed by atoms with Crippen LogP contribution in [-0.2, 0) is 36.8 Å². The van der Waals surface area contributed by atoms with Crippen molar-refractivity contribution in [2.24, 2.45) is 11.8 Å². The van der Waals surface area contributed by atoms with Gasteiger partial charge in [0.05, 0.1) is 11.8 Å². The molecular formula is C22H26N2O5. The van der Waals surface area contributed by atoms with Crippen LogP contribution in [0.3, 0.4) is 0 Å².